The monoisotopic (exact) mass is 269 g/mol. The standard InChI is InChI=1S/C12H15NO4S/c1-3-11(14)9-4-6-10(7-5-9)18(16,17)8-12(15)13-2/h4-7H,3,8H2,1-2H3,(H,13,15). The molecule has 0 aliphatic carbocycles. The van der Waals surface area contributed by atoms with Crippen LogP contribution >= 0.6 is 0 Å². The average Bonchev–Trinajstić information content (AvgIpc) is 2.37. The molecule has 0 atom stereocenters. The minimum atomic E-state index is -3.64. The third kappa shape index (κ3) is 3.40. The summed E-state index contributed by atoms with van der Waals surface area (Å²) in [5.41, 5.74) is 0.469. The molecule has 0 aliphatic rings. The number of nitrogens with one attached hydrogen (secondary N) is 1. The number of amides is 1. The van der Waals surface area contributed by atoms with E-state index in [4.69, 9.17) is 0 Å². The maximum absolute atomic E-state index is 11.8. The van der Waals surface area contributed by atoms with Crippen molar-refractivity contribution >= 4 is 21.5 Å². The lowest BCUT2D eigenvalue weighted by Crippen LogP contribution is -2.27. The summed E-state index contributed by atoms with van der Waals surface area (Å²) < 4.78 is 23.6. The van der Waals surface area contributed by atoms with Crippen LogP contribution in [0.5, 0.6) is 0 Å². The molecule has 98 valence electrons. The zero-order valence-corrected chi connectivity index (χ0v) is 11.1. The number of sulfone groups is 1. The highest BCUT2D eigenvalue weighted by Crippen LogP contribution is 2.13. The van der Waals surface area contributed by atoms with Gasteiger partial charge in [0.25, 0.3) is 0 Å². The summed E-state index contributed by atoms with van der Waals surface area (Å²) in [4.78, 5) is 22.5. The van der Waals surface area contributed by atoms with Gasteiger partial charge in [0.1, 0.15) is 5.75 Å². The van der Waals surface area contributed by atoms with Gasteiger partial charge in [0.15, 0.2) is 15.6 Å². The molecule has 0 spiro atoms. The van der Waals surface area contributed by atoms with Gasteiger partial charge in [-0.3, -0.25) is 9.59 Å². The quantitative estimate of drug-likeness (QED) is 0.802. The average molecular weight is 269 g/mol. The summed E-state index contributed by atoms with van der Waals surface area (Å²) in [6.45, 7) is 1.73. The van der Waals surface area contributed by atoms with E-state index in [-0.39, 0.29) is 10.7 Å². The van der Waals surface area contributed by atoms with E-state index in [1.165, 1.54) is 31.3 Å². The molecule has 1 rings (SSSR count). The van der Waals surface area contributed by atoms with Crippen LogP contribution in [0.25, 0.3) is 0 Å². The van der Waals surface area contributed by atoms with Gasteiger partial charge in [-0.05, 0) is 12.1 Å². The van der Waals surface area contributed by atoms with Crippen LogP contribution in [0.4, 0.5) is 0 Å². The van der Waals surface area contributed by atoms with Crippen LogP contribution in [-0.2, 0) is 14.6 Å². The SMILES string of the molecule is CCC(=O)c1ccc(S(=O)(=O)CC(=O)NC)cc1. The molecule has 0 saturated heterocycles. The van der Waals surface area contributed by atoms with E-state index >= 15 is 0 Å². The van der Waals surface area contributed by atoms with Gasteiger partial charge in [0.2, 0.25) is 5.91 Å². The first-order chi connectivity index (χ1) is 8.40. The number of Topliss-reactive ketones (excluding diaryl/α,β-unsaturated/α-hetero) is 1. The fourth-order valence-corrected chi connectivity index (χ4v) is 2.59. The first-order valence-corrected chi connectivity index (χ1v) is 7.12. The van der Waals surface area contributed by atoms with E-state index in [1.807, 2.05) is 0 Å². The number of carbonyl (C=O) groups excluding carboxylic acids is 2. The van der Waals surface area contributed by atoms with Crippen molar-refractivity contribution in [1.29, 1.82) is 0 Å². The lowest BCUT2D eigenvalue weighted by atomic mass is 10.1. The number of carbonyl (C=O) groups is 2. The van der Waals surface area contributed by atoms with Crippen LogP contribution in [-0.4, -0.2) is 32.9 Å². The lowest BCUT2D eigenvalue weighted by Gasteiger charge is -2.04. The Morgan fingerprint density at radius 3 is 2.17 bits per heavy atom. The van der Waals surface area contributed by atoms with Gasteiger partial charge in [0, 0.05) is 19.0 Å². The van der Waals surface area contributed by atoms with Crippen LogP contribution in [0.1, 0.15) is 23.7 Å². The first kappa shape index (κ1) is 14.4. The summed E-state index contributed by atoms with van der Waals surface area (Å²) in [7, 11) is -2.27. The normalized spacial score (nSPS) is 11.0. The molecule has 0 aromatic heterocycles. The molecule has 0 fully saturated rings. The highest BCUT2D eigenvalue weighted by atomic mass is 32.2. The van der Waals surface area contributed by atoms with E-state index in [1.54, 1.807) is 6.92 Å². The molecule has 0 bridgehead atoms. The Kier molecular flexibility index (Phi) is 4.61. The van der Waals surface area contributed by atoms with Crippen molar-refractivity contribution in [2.75, 3.05) is 12.8 Å². The molecule has 0 heterocycles. The van der Waals surface area contributed by atoms with E-state index in [0.717, 1.165) is 0 Å². The first-order valence-electron chi connectivity index (χ1n) is 5.47. The summed E-state index contributed by atoms with van der Waals surface area (Å²) in [6.07, 6.45) is 0.365. The van der Waals surface area contributed by atoms with Crippen molar-refractivity contribution in [2.45, 2.75) is 18.2 Å². The minimum Gasteiger partial charge on any atom is -0.358 e. The summed E-state index contributed by atoms with van der Waals surface area (Å²) in [5, 5.41) is 2.26. The summed E-state index contributed by atoms with van der Waals surface area (Å²) in [5.74, 6) is -1.21. The van der Waals surface area contributed by atoms with Crippen molar-refractivity contribution in [3.05, 3.63) is 29.8 Å². The molecule has 5 nitrogen and oxygen atoms in total. The smallest absolute Gasteiger partial charge is 0.235 e. The molecular weight excluding hydrogens is 254 g/mol. The van der Waals surface area contributed by atoms with Crippen molar-refractivity contribution in [3.63, 3.8) is 0 Å². The zero-order valence-electron chi connectivity index (χ0n) is 10.3. The fraction of sp³-hybridized carbons (Fsp3) is 0.333. The molecule has 0 unspecified atom stereocenters. The Morgan fingerprint density at radius 2 is 1.72 bits per heavy atom. The number of rotatable bonds is 5. The Hall–Kier alpha value is -1.69. The molecule has 1 amide bonds. The van der Waals surface area contributed by atoms with Crippen LogP contribution in [0.3, 0.4) is 0 Å². The van der Waals surface area contributed by atoms with E-state index < -0.39 is 21.5 Å². The van der Waals surface area contributed by atoms with Gasteiger partial charge in [-0.2, -0.15) is 0 Å². The van der Waals surface area contributed by atoms with Gasteiger partial charge in [-0.15, -0.1) is 0 Å². The molecule has 0 radical (unpaired) electrons. The molecule has 1 N–H and O–H groups in total. The molecular formula is C12H15NO4S. The number of benzene rings is 1. The minimum absolute atomic E-state index is 0.0405. The van der Waals surface area contributed by atoms with Crippen LogP contribution in [0.15, 0.2) is 29.2 Å². The molecule has 0 aliphatic heterocycles. The predicted molar refractivity (Wildman–Crippen MR) is 67.2 cm³/mol. The Bertz CT molecular complexity index is 546. The Morgan fingerprint density at radius 1 is 1.17 bits per heavy atom. The number of ketones is 1. The highest BCUT2D eigenvalue weighted by molar-refractivity contribution is 7.92. The number of hydrogen-bond donors (Lipinski definition) is 1. The molecule has 0 saturated carbocycles. The van der Waals surface area contributed by atoms with Crippen LogP contribution < -0.4 is 5.32 Å². The molecule has 1 aromatic rings. The molecule has 1 aromatic carbocycles. The summed E-state index contributed by atoms with van der Waals surface area (Å²) in [6, 6.07) is 5.62. The summed E-state index contributed by atoms with van der Waals surface area (Å²) >= 11 is 0. The second-order valence-corrected chi connectivity index (χ2v) is 5.72. The van der Waals surface area contributed by atoms with Crippen molar-refractivity contribution < 1.29 is 18.0 Å². The Balaban J connectivity index is 2.98. The van der Waals surface area contributed by atoms with Crippen molar-refractivity contribution in [3.8, 4) is 0 Å². The third-order valence-electron chi connectivity index (χ3n) is 2.46. The second kappa shape index (κ2) is 5.77. The largest absolute Gasteiger partial charge is 0.358 e. The highest BCUT2D eigenvalue weighted by Gasteiger charge is 2.18. The van der Waals surface area contributed by atoms with Gasteiger partial charge >= 0.3 is 0 Å². The van der Waals surface area contributed by atoms with Gasteiger partial charge in [0.05, 0.1) is 4.90 Å². The predicted octanol–water partition coefficient (Wildman–Crippen LogP) is 0.799. The Labute approximate surface area is 106 Å². The third-order valence-corrected chi connectivity index (χ3v) is 4.09. The maximum atomic E-state index is 11.8. The molecule has 6 heteroatoms. The van der Waals surface area contributed by atoms with Crippen LogP contribution in [0.2, 0.25) is 0 Å². The number of hydrogen-bond acceptors (Lipinski definition) is 4. The second-order valence-electron chi connectivity index (χ2n) is 3.73. The lowest BCUT2D eigenvalue weighted by molar-refractivity contribution is -0.118. The van der Waals surface area contributed by atoms with Gasteiger partial charge < -0.3 is 5.32 Å². The topological polar surface area (TPSA) is 80.3 Å². The fourth-order valence-electron chi connectivity index (χ4n) is 1.38. The van der Waals surface area contributed by atoms with Crippen molar-refractivity contribution in [2.24, 2.45) is 0 Å². The van der Waals surface area contributed by atoms with Crippen molar-refractivity contribution in [1.82, 2.24) is 5.32 Å². The van der Waals surface area contributed by atoms with E-state index in [0.29, 0.717) is 12.0 Å². The zero-order chi connectivity index (χ0) is 13.8. The van der Waals surface area contributed by atoms with Gasteiger partial charge in [-0.25, -0.2) is 8.42 Å². The molecule has 18 heavy (non-hydrogen) atoms. The van der Waals surface area contributed by atoms with Crippen LogP contribution in [0, 0.1) is 0 Å². The van der Waals surface area contributed by atoms with E-state index in [2.05, 4.69) is 5.32 Å². The van der Waals surface area contributed by atoms with Gasteiger partial charge in [-0.1, -0.05) is 19.1 Å². The maximum Gasteiger partial charge on any atom is 0.235 e. The van der Waals surface area contributed by atoms with E-state index in [9.17, 15) is 18.0 Å².